The zero-order chi connectivity index (χ0) is 7.11. The van der Waals surface area contributed by atoms with E-state index in [1.165, 1.54) is 0 Å². The molecule has 0 bridgehead atoms. The van der Waals surface area contributed by atoms with Crippen LogP contribution in [-0.4, -0.2) is 0 Å². The van der Waals surface area contributed by atoms with Gasteiger partial charge in [-0.1, -0.05) is 32.1 Å². The molecule has 0 aliphatic carbocycles. The molecule has 0 saturated carbocycles. The van der Waals surface area contributed by atoms with Gasteiger partial charge in [-0.3, -0.25) is 0 Å². The molecule has 9 heavy (non-hydrogen) atoms. The van der Waals surface area contributed by atoms with Gasteiger partial charge in [-0.25, -0.2) is 0 Å². The lowest BCUT2D eigenvalue weighted by Gasteiger charge is -1.97. The monoisotopic (exact) mass is 124 g/mol. The lowest BCUT2D eigenvalue weighted by molar-refractivity contribution is 0.745. The summed E-state index contributed by atoms with van der Waals surface area (Å²) in [7, 11) is 0. The van der Waals surface area contributed by atoms with E-state index >= 15 is 0 Å². The number of rotatable bonds is 4. The highest BCUT2D eigenvalue weighted by molar-refractivity contribution is 4.87. The Labute approximate surface area is 58.3 Å². The standard InChI is InChI=1S/C9H16/c1-4-6-7-8-9(3)5-2/h5-7,9H,2,4,8H2,1,3H3/b7-6+. The van der Waals surface area contributed by atoms with E-state index in [9.17, 15) is 0 Å². The fraction of sp³-hybridized carbons (Fsp3) is 0.556. The minimum atomic E-state index is 0.632. The summed E-state index contributed by atoms with van der Waals surface area (Å²) in [5.41, 5.74) is 0. The van der Waals surface area contributed by atoms with Crippen LogP contribution in [0.25, 0.3) is 0 Å². The van der Waals surface area contributed by atoms with Gasteiger partial charge in [0.2, 0.25) is 0 Å². The second kappa shape index (κ2) is 5.61. The van der Waals surface area contributed by atoms with Crippen molar-refractivity contribution in [2.24, 2.45) is 5.92 Å². The minimum absolute atomic E-state index is 0.632. The summed E-state index contributed by atoms with van der Waals surface area (Å²) in [5.74, 6) is 0.632. The van der Waals surface area contributed by atoms with Crippen LogP contribution in [0.2, 0.25) is 0 Å². The second-order valence-corrected chi connectivity index (χ2v) is 2.33. The van der Waals surface area contributed by atoms with E-state index in [0.717, 1.165) is 12.8 Å². The van der Waals surface area contributed by atoms with Crippen LogP contribution in [0.15, 0.2) is 24.8 Å². The summed E-state index contributed by atoms with van der Waals surface area (Å²) in [6.07, 6.45) is 8.67. The lowest BCUT2D eigenvalue weighted by Crippen LogP contribution is -1.83. The van der Waals surface area contributed by atoms with Crippen molar-refractivity contribution in [2.45, 2.75) is 26.7 Å². The molecule has 0 nitrogen and oxygen atoms in total. The molecule has 0 fully saturated rings. The molecule has 0 radical (unpaired) electrons. The van der Waals surface area contributed by atoms with Crippen molar-refractivity contribution in [3.63, 3.8) is 0 Å². The predicted molar refractivity (Wildman–Crippen MR) is 43.4 cm³/mol. The molecular weight excluding hydrogens is 108 g/mol. The molecule has 0 aliphatic rings. The van der Waals surface area contributed by atoms with Crippen LogP contribution in [0.1, 0.15) is 26.7 Å². The maximum Gasteiger partial charge on any atom is -0.0230 e. The van der Waals surface area contributed by atoms with E-state index in [2.05, 4.69) is 32.6 Å². The smallest absolute Gasteiger partial charge is 0.0230 e. The van der Waals surface area contributed by atoms with Crippen molar-refractivity contribution >= 4 is 0 Å². The number of hydrogen-bond donors (Lipinski definition) is 0. The highest BCUT2D eigenvalue weighted by Gasteiger charge is 1.88. The first-order valence-electron chi connectivity index (χ1n) is 3.58. The summed E-state index contributed by atoms with van der Waals surface area (Å²) >= 11 is 0. The Kier molecular flexibility index (Phi) is 5.29. The van der Waals surface area contributed by atoms with Gasteiger partial charge in [0, 0.05) is 0 Å². The molecule has 52 valence electrons. The third kappa shape index (κ3) is 5.35. The summed E-state index contributed by atoms with van der Waals surface area (Å²) in [5, 5.41) is 0. The van der Waals surface area contributed by atoms with Crippen molar-refractivity contribution in [2.75, 3.05) is 0 Å². The lowest BCUT2D eigenvalue weighted by atomic mass is 10.1. The van der Waals surface area contributed by atoms with E-state index < -0.39 is 0 Å². The number of allylic oxidation sites excluding steroid dienone is 3. The van der Waals surface area contributed by atoms with Gasteiger partial charge in [-0.2, -0.15) is 0 Å². The van der Waals surface area contributed by atoms with Gasteiger partial charge in [0.1, 0.15) is 0 Å². The van der Waals surface area contributed by atoms with E-state index in [-0.39, 0.29) is 0 Å². The molecule has 0 aromatic rings. The predicted octanol–water partition coefficient (Wildman–Crippen LogP) is 3.16. The van der Waals surface area contributed by atoms with E-state index in [0.29, 0.717) is 5.92 Å². The zero-order valence-electron chi connectivity index (χ0n) is 6.43. The van der Waals surface area contributed by atoms with Crippen LogP contribution >= 0.6 is 0 Å². The first kappa shape index (κ1) is 8.48. The minimum Gasteiger partial charge on any atom is -0.103 e. The van der Waals surface area contributed by atoms with E-state index in [1.54, 1.807) is 0 Å². The van der Waals surface area contributed by atoms with Gasteiger partial charge < -0.3 is 0 Å². The molecule has 0 heterocycles. The summed E-state index contributed by atoms with van der Waals surface area (Å²) < 4.78 is 0. The third-order valence-corrected chi connectivity index (χ3v) is 1.31. The van der Waals surface area contributed by atoms with Crippen molar-refractivity contribution in [3.8, 4) is 0 Å². The van der Waals surface area contributed by atoms with Gasteiger partial charge in [-0.05, 0) is 18.8 Å². The molecule has 0 heteroatoms. The first-order valence-corrected chi connectivity index (χ1v) is 3.58. The van der Waals surface area contributed by atoms with Crippen molar-refractivity contribution < 1.29 is 0 Å². The van der Waals surface area contributed by atoms with Crippen molar-refractivity contribution in [1.29, 1.82) is 0 Å². The largest absolute Gasteiger partial charge is 0.103 e. The molecule has 0 N–H and O–H groups in total. The van der Waals surface area contributed by atoms with E-state index in [1.807, 2.05) is 6.08 Å². The maximum absolute atomic E-state index is 3.71. The fourth-order valence-corrected chi connectivity index (χ4v) is 0.574. The highest BCUT2D eigenvalue weighted by Crippen LogP contribution is 2.02. The van der Waals surface area contributed by atoms with Gasteiger partial charge in [0.25, 0.3) is 0 Å². The van der Waals surface area contributed by atoms with Crippen LogP contribution in [0.5, 0.6) is 0 Å². The third-order valence-electron chi connectivity index (χ3n) is 1.31. The van der Waals surface area contributed by atoms with Crippen LogP contribution in [0, 0.1) is 5.92 Å². The molecular formula is C9H16. The summed E-state index contributed by atoms with van der Waals surface area (Å²) in [4.78, 5) is 0. The fourth-order valence-electron chi connectivity index (χ4n) is 0.574. The number of hydrogen-bond acceptors (Lipinski definition) is 0. The van der Waals surface area contributed by atoms with Gasteiger partial charge in [0.15, 0.2) is 0 Å². The molecule has 0 aromatic heterocycles. The Hall–Kier alpha value is -0.520. The quantitative estimate of drug-likeness (QED) is 0.505. The Morgan fingerprint density at radius 2 is 2.11 bits per heavy atom. The van der Waals surface area contributed by atoms with Crippen LogP contribution in [0.4, 0.5) is 0 Å². The maximum atomic E-state index is 3.71. The van der Waals surface area contributed by atoms with Crippen LogP contribution < -0.4 is 0 Å². The molecule has 0 saturated heterocycles. The zero-order valence-corrected chi connectivity index (χ0v) is 6.43. The second-order valence-electron chi connectivity index (χ2n) is 2.33. The molecule has 0 spiro atoms. The molecule has 0 amide bonds. The molecule has 0 aromatic carbocycles. The van der Waals surface area contributed by atoms with Crippen LogP contribution in [0.3, 0.4) is 0 Å². The topological polar surface area (TPSA) is 0 Å². The molecule has 1 unspecified atom stereocenters. The Morgan fingerprint density at radius 1 is 1.44 bits per heavy atom. The Morgan fingerprint density at radius 3 is 2.56 bits per heavy atom. The summed E-state index contributed by atoms with van der Waals surface area (Å²) in [6.45, 7) is 8.03. The van der Waals surface area contributed by atoms with Gasteiger partial charge in [0.05, 0.1) is 0 Å². The Bertz CT molecular complexity index is 90.2. The van der Waals surface area contributed by atoms with Crippen LogP contribution in [-0.2, 0) is 0 Å². The average molecular weight is 124 g/mol. The average Bonchev–Trinajstić information content (AvgIpc) is 1.89. The SMILES string of the molecule is C=CC(C)C/C=C/CC. The summed E-state index contributed by atoms with van der Waals surface area (Å²) in [6, 6.07) is 0. The molecule has 0 aliphatic heterocycles. The Balaban J connectivity index is 3.25. The van der Waals surface area contributed by atoms with Crippen molar-refractivity contribution in [1.82, 2.24) is 0 Å². The first-order chi connectivity index (χ1) is 4.31. The highest BCUT2D eigenvalue weighted by atomic mass is 13.9. The molecule has 1 atom stereocenters. The van der Waals surface area contributed by atoms with Crippen molar-refractivity contribution in [3.05, 3.63) is 24.8 Å². The van der Waals surface area contributed by atoms with Gasteiger partial charge >= 0.3 is 0 Å². The normalized spacial score (nSPS) is 14.0. The van der Waals surface area contributed by atoms with E-state index in [4.69, 9.17) is 0 Å². The molecule has 0 rings (SSSR count). The van der Waals surface area contributed by atoms with Gasteiger partial charge in [-0.15, -0.1) is 6.58 Å².